The molecule has 2 aromatic rings. The topological polar surface area (TPSA) is 94.5 Å². The van der Waals surface area contributed by atoms with Gasteiger partial charge in [-0.1, -0.05) is 6.92 Å². The minimum absolute atomic E-state index is 0.196. The molecule has 3 N–H and O–H groups in total. The van der Waals surface area contributed by atoms with Crippen molar-refractivity contribution < 1.29 is 0 Å². The smallest absolute Gasteiger partial charge is 0.257 e. The van der Waals surface area contributed by atoms with Gasteiger partial charge in [-0.25, -0.2) is 4.68 Å². The molecule has 88 valence electrons. The van der Waals surface area contributed by atoms with E-state index in [1.165, 1.54) is 0 Å². The Morgan fingerprint density at radius 2 is 2.24 bits per heavy atom. The van der Waals surface area contributed by atoms with Crippen LogP contribution in [0.5, 0.6) is 0 Å². The van der Waals surface area contributed by atoms with Crippen LogP contribution < -0.4 is 11.1 Å². The van der Waals surface area contributed by atoms with Crippen LogP contribution in [-0.2, 0) is 0 Å². The molecule has 1 aliphatic carbocycles. The van der Waals surface area contributed by atoms with Crippen molar-refractivity contribution in [3.8, 4) is 5.95 Å². The van der Waals surface area contributed by atoms with Gasteiger partial charge in [-0.3, -0.25) is 0 Å². The van der Waals surface area contributed by atoms with E-state index in [2.05, 4.69) is 32.3 Å². The van der Waals surface area contributed by atoms with Crippen LogP contribution in [0.1, 0.15) is 13.3 Å². The van der Waals surface area contributed by atoms with E-state index in [9.17, 15) is 0 Å². The summed E-state index contributed by atoms with van der Waals surface area (Å²) in [6.07, 6.45) is 4.57. The summed E-state index contributed by atoms with van der Waals surface area (Å²) in [5.74, 6) is 1.80. The van der Waals surface area contributed by atoms with E-state index >= 15 is 0 Å². The Morgan fingerprint density at radius 3 is 2.88 bits per heavy atom. The Hall–Kier alpha value is -2.18. The number of hydrogen-bond donors (Lipinski definition) is 2. The Labute approximate surface area is 98.1 Å². The Bertz CT molecular complexity index is 521. The molecule has 1 saturated carbocycles. The van der Waals surface area contributed by atoms with Gasteiger partial charge in [-0.15, -0.1) is 0 Å². The first-order valence-electron chi connectivity index (χ1n) is 5.50. The van der Waals surface area contributed by atoms with Gasteiger partial charge in [0.2, 0.25) is 11.9 Å². The fourth-order valence-corrected chi connectivity index (χ4v) is 1.62. The number of rotatable bonds is 3. The molecule has 0 bridgehead atoms. The lowest BCUT2D eigenvalue weighted by molar-refractivity contribution is 0.796. The zero-order valence-electron chi connectivity index (χ0n) is 9.41. The highest BCUT2D eigenvalue weighted by Crippen LogP contribution is 2.31. The van der Waals surface area contributed by atoms with Gasteiger partial charge in [0.1, 0.15) is 0 Å². The van der Waals surface area contributed by atoms with Crippen LogP contribution in [0, 0.1) is 5.92 Å². The third-order valence-electron chi connectivity index (χ3n) is 2.77. The summed E-state index contributed by atoms with van der Waals surface area (Å²) in [5, 5.41) is 7.28. The molecule has 2 atom stereocenters. The van der Waals surface area contributed by atoms with Gasteiger partial charge in [0.25, 0.3) is 5.95 Å². The van der Waals surface area contributed by atoms with Crippen molar-refractivity contribution in [2.45, 2.75) is 19.4 Å². The predicted molar refractivity (Wildman–Crippen MR) is 62.6 cm³/mol. The van der Waals surface area contributed by atoms with Crippen molar-refractivity contribution in [1.82, 2.24) is 24.7 Å². The summed E-state index contributed by atoms with van der Waals surface area (Å²) in [5.41, 5.74) is 5.65. The van der Waals surface area contributed by atoms with E-state index in [1.807, 2.05) is 0 Å². The zero-order chi connectivity index (χ0) is 11.8. The molecule has 0 aliphatic heterocycles. The van der Waals surface area contributed by atoms with E-state index in [4.69, 9.17) is 5.73 Å². The lowest BCUT2D eigenvalue weighted by Gasteiger charge is -2.06. The van der Waals surface area contributed by atoms with E-state index in [0.29, 0.717) is 23.9 Å². The largest absolute Gasteiger partial charge is 0.368 e. The van der Waals surface area contributed by atoms with Gasteiger partial charge < -0.3 is 11.1 Å². The van der Waals surface area contributed by atoms with Crippen LogP contribution in [-0.4, -0.2) is 30.8 Å². The quantitative estimate of drug-likeness (QED) is 0.796. The Balaban J connectivity index is 1.89. The molecular formula is C10H13N7. The van der Waals surface area contributed by atoms with Gasteiger partial charge in [0.05, 0.1) is 0 Å². The standard InChI is InChI=1S/C10H13N7/c1-6-5-7(6)13-9-14-8(11)15-10(16-9)17-4-2-3-12-17/h2-4,6-7H,5H2,1H3,(H3,11,13,14,15,16). The second-order valence-electron chi connectivity index (χ2n) is 4.23. The maximum atomic E-state index is 5.65. The molecule has 0 amide bonds. The molecule has 1 fully saturated rings. The molecule has 2 aromatic heterocycles. The zero-order valence-corrected chi connectivity index (χ0v) is 9.41. The molecule has 2 unspecified atom stereocenters. The van der Waals surface area contributed by atoms with Crippen molar-refractivity contribution in [3.63, 3.8) is 0 Å². The number of nitrogen functional groups attached to an aromatic ring is 1. The van der Waals surface area contributed by atoms with Gasteiger partial charge in [-0.05, 0) is 18.4 Å². The average molecular weight is 231 g/mol. The summed E-state index contributed by atoms with van der Waals surface area (Å²) in [4.78, 5) is 12.4. The fourth-order valence-electron chi connectivity index (χ4n) is 1.62. The van der Waals surface area contributed by atoms with Crippen LogP contribution in [0.25, 0.3) is 5.95 Å². The normalized spacial score (nSPS) is 22.4. The molecule has 0 radical (unpaired) electrons. The highest BCUT2D eigenvalue weighted by molar-refractivity contribution is 5.37. The van der Waals surface area contributed by atoms with Gasteiger partial charge in [0, 0.05) is 18.4 Å². The summed E-state index contributed by atoms with van der Waals surface area (Å²) >= 11 is 0. The van der Waals surface area contributed by atoms with E-state index in [1.54, 1.807) is 23.1 Å². The third-order valence-corrected chi connectivity index (χ3v) is 2.77. The molecule has 0 saturated heterocycles. The number of hydrogen-bond acceptors (Lipinski definition) is 6. The first kappa shape index (κ1) is 10.0. The maximum Gasteiger partial charge on any atom is 0.257 e. The number of aromatic nitrogens is 5. The second kappa shape index (κ2) is 3.69. The van der Waals surface area contributed by atoms with Gasteiger partial charge in [-0.2, -0.15) is 20.1 Å². The molecular weight excluding hydrogens is 218 g/mol. The Kier molecular flexibility index (Phi) is 2.17. The first-order valence-corrected chi connectivity index (χ1v) is 5.50. The summed E-state index contributed by atoms with van der Waals surface area (Å²) < 4.78 is 1.56. The number of nitrogens with two attached hydrogens (primary N) is 1. The summed E-state index contributed by atoms with van der Waals surface area (Å²) in [6.45, 7) is 2.18. The van der Waals surface area contributed by atoms with E-state index < -0.39 is 0 Å². The SMILES string of the molecule is CC1CC1Nc1nc(N)nc(-n2cccn2)n1. The maximum absolute atomic E-state index is 5.65. The van der Waals surface area contributed by atoms with E-state index in [-0.39, 0.29) is 5.95 Å². The molecule has 17 heavy (non-hydrogen) atoms. The monoisotopic (exact) mass is 231 g/mol. The molecule has 7 heteroatoms. The van der Waals surface area contributed by atoms with Gasteiger partial charge in [0.15, 0.2) is 0 Å². The van der Waals surface area contributed by atoms with Crippen molar-refractivity contribution in [1.29, 1.82) is 0 Å². The molecule has 1 aliphatic rings. The van der Waals surface area contributed by atoms with Crippen molar-refractivity contribution in [3.05, 3.63) is 18.5 Å². The lowest BCUT2D eigenvalue weighted by atomic mass is 10.5. The highest BCUT2D eigenvalue weighted by atomic mass is 15.4. The minimum Gasteiger partial charge on any atom is -0.368 e. The summed E-state index contributed by atoms with van der Waals surface area (Å²) in [7, 11) is 0. The third kappa shape index (κ3) is 2.03. The molecule has 7 nitrogen and oxygen atoms in total. The highest BCUT2D eigenvalue weighted by Gasteiger charge is 2.33. The molecule has 0 aromatic carbocycles. The summed E-state index contributed by atoms with van der Waals surface area (Å²) in [6, 6.07) is 2.25. The molecule has 0 spiro atoms. The predicted octanol–water partition coefficient (Wildman–Crippen LogP) is 0.460. The lowest BCUT2D eigenvalue weighted by Crippen LogP contribution is -2.13. The van der Waals surface area contributed by atoms with Crippen LogP contribution in [0.2, 0.25) is 0 Å². The average Bonchev–Trinajstić information content (AvgIpc) is 2.83. The van der Waals surface area contributed by atoms with Crippen molar-refractivity contribution >= 4 is 11.9 Å². The van der Waals surface area contributed by atoms with Crippen LogP contribution in [0.4, 0.5) is 11.9 Å². The second-order valence-corrected chi connectivity index (χ2v) is 4.23. The van der Waals surface area contributed by atoms with E-state index in [0.717, 1.165) is 6.42 Å². The Morgan fingerprint density at radius 1 is 1.41 bits per heavy atom. The van der Waals surface area contributed by atoms with Crippen LogP contribution in [0.15, 0.2) is 18.5 Å². The van der Waals surface area contributed by atoms with Crippen molar-refractivity contribution in [2.24, 2.45) is 5.92 Å². The minimum atomic E-state index is 0.196. The van der Waals surface area contributed by atoms with Crippen molar-refractivity contribution in [2.75, 3.05) is 11.1 Å². The fraction of sp³-hybridized carbons (Fsp3) is 0.400. The van der Waals surface area contributed by atoms with Crippen LogP contribution >= 0.6 is 0 Å². The number of nitrogens with zero attached hydrogens (tertiary/aromatic N) is 5. The number of nitrogens with one attached hydrogen (secondary N) is 1. The van der Waals surface area contributed by atoms with Crippen LogP contribution in [0.3, 0.4) is 0 Å². The first-order chi connectivity index (χ1) is 8.22. The molecule has 2 heterocycles. The molecule has 3 rings (SSSR count). The number of anilines is 2. The van der Waals surface area contributed by atoms with Gasteiger partial charge >= 0.3 is 0 Å².